The Kier molecular flexibility index (Phi) is 4.28. The summed E-state index contributed by atoms with van der Waals surface area (Å²) in [6.07, 6.45) is 1.68. The van der Waals surface area contributed by atoms with Crippen LogP contribution in [0.15, 0.2) is 41.9 Å². The van der Waals surface area contributed by atoms with Crippen LogP contribution < -0.4 is 5.73 Å². The number of benzene rings is 1. The number of rotatable bonds is 4. The molecule has 1 aromatic heterocycles. The summed E-state index contributed by atoms with van der Waals surface area (Å²) in [5.41, 5.74) is 6.55. The monoisotopic (exact) mass is 303 g/mol. The van der Waals surface area contributed by atoms with Gasteiger partial charge in [0.1, 0.15) is 17.2 Å². The Morgan fingerprint density at radius 1 is 1.43 bits per heavy atom. The summed E-state index contributed by atoms with van der Waals surface area (Å²) >= 11 is 1.57. The van der Waals surface area contributed by atoms with Crippen LogP contribution in [0.5, 0.6) is 0 Å². The number of ether oxygens (including phenoxy) is 1. The summed E-state index contributed by atoms with van der Waals surface area (Å²) in [5.74, 6) is -0.332. The summed E-state index contributed by atoms with van der Waals surface area (Å²) in [6.45, 7) is 1.88. The molecule has 2 heterocycles. The second kappa shape index (κ2) is 6.34. The number of thiazole rings is 1. The number of aromatic nitrogens is 1. The Labute approximate surface area is 127 Å². The van der Waals surface area contributed by atoms with Crippen LogP contribution in [0.25, 0.3) is 0 Å². The van der Waals surface area contributed by atoms with Gasteiger partial charge in [0.15, 0.2) is 0 Å². The highest BCUT2D eigenvalue weighted by Gasteiger charge is 2.32. The van der Waals surface area contributed by atoms with E-state index < -0.39 is 6.04 Å². The molecule has 6 heteroatoms. The Bertz CT molecular complexity index is 588. The minimum atomic E-state index is -0.419. The van der Waals surface area contributed by atoms with Gasteiger partial charge in [-0.2, -0.15) is 0 Å². The zero-order valence-corrected chi connectivity index (χ0v) is 12.3. The molecule has 0 radical (unpaired) electrons. The summed E-state index contributed by atoms with van der Waals surface area (Å²) in [6, 6.07) is 9.22. The highest BCUT2D eigenvalue weighted by Crippen LogP contribution is 2.29. The molecule has 0 unspecified atom stereocenters. The van der Waals surface area contributed by atoms with Gasteiger partial charge in [-0.25, -0.2) is 4.98 Å². The topological polar surface area (TPSA) is 68.5 Å². The van der Waals surface area contributed by atoms with Crippen molar-refractivity contribution in [1.29, 1.82) is 0 Å². The Hall–Kier alpha value is -1.76. The highest BCUT2D eigenvalue weighted by atomic mass is 32.1. The lowest BCUT2D eigenvalue weighted by Gasteiger charge is -2.36. The van der Waals surface area contributed by atoms with Crippen LogP contribution in [0.4, 0.5) is 0 Å². The molecular weight excluding hydrogens is 286 g/mol. The third-order valence-corrected chi connectivity index (χ3v) is 4.44. The van der Waals surface area contributed by atoms with Crippen molar-refractivity contribution in [2.24, 2.45) is 5.73 Å². The zero-order valence-electron chi connectivity index (χ0n) is 11.5. The fraction of sp³-hybridized carbons (Fsp3) is 0.333. The van der Waals surface area contributed by atoms with Crippen molar-refractivity contribution in [1.82, 2.24) is 9.88 Å². The molecule has 1 aliphatic heterocycles. The summed E-state index contributed by atoms with van der Waals surface area (Å²) in [5, 5.41) is 2.87. The van der Waals surface area contributed by atoms with Gasteiger partial charge < -0.3 is 10.5 Å². The van der Waals surface area contributed by atoms with E-state index >= 15 is 0 Å². The first-order valence-electron chi connectivity index (χ1n) is 6.85. The van der Waals surface area contributed by atoms with Crippen molar-refractivity contribution in [3.8, 4) is 0 Å². The van der Waals surface area contributed by atoms with Gasteiger partial charge in [-0.1, -0.05) is 30.3 Å². The Morgan fingerprint density at radius 2 is 2.24 bits per heavy atom. The molecule has 1 aromatic carbocycles. The smallest absolute Gasteiger partial charge is 0.239 e. The number of hydrogen-bond acceptors (Lipinski definition) is 5. The molecule has 0 aliphatic carbocycles. The van der Waals surface area contributed by atoms with E-state index in [1.54, 1.807) is 17.5 Å². The van der Waals surface area contributed by atoms with Crippen LogP contribution >= 0.6 is 11.3 Å². The largest absolute Gasteiger partial charge is 0.368 e. The third-order valence-electron chi connectivity index (χ3n) is 3.57. The Balaban J connectivity index is 1.81. The second-order valence-electron chi connectivity index (χ2n) is 4.94. The van der Waals surface area contributed by atoms with Crippen LogP contribution in [-0.4, -0.2) is 35.5 Å². The van der Waals surface area contributed by atoms with Gasteiger partial charge in [-0.05, 0) is 5.56 Å². The zero-order chi connectivity index (χ0) is 14.7. The number of primary amides is 1. The van der Waals surface area contributed by atoms with Crippen molar-refractivity contribution in [2.75, 3.05) is 19.7 Å². The van der Waals surface area contributed by atoms with E-state index in [2.05, 4.69) is 9.88 Å². The van der Waals surface area contributed by atoms with Gasteiger partial charge in [0.25, 0.3) is 0 Å². The molecule has 1 aliphatic rings. The van der Waals surface area contributed by atoms with Crippen molar-refractivity contribution in [2.45, 2.75) is 12.1 Å². The minimum absolute atomic E-state index is 0.0932. The van der Waals surface area contributed by atoms with Crippen LogP contribution in [0.1, 0.15) is 22.7 Å². The van der Waals surface area contributed by atoms with Gasteiger partial charge >= 0.3 is 0 Å². The molecule has 1 saturated heterocycles. The van der Waals surface area contributed by atoms with E-state index in [-0.39, 0.29) is 12.0 Å². The molecule has 1 fully saturated rings. The van der Waals surface area contributed by atoms with Gasteiger partial charge in [-0.3, -0.25) is 9.69 Å². The maximum Gasteiger partial charge on any atom is 0.239 e. The standard InChI is InChI=1S/C15H17N3O2S/c16-14(19)13(11-4-2-1-3-5-11)18-7-8-20-12(10-18)15-17-6-9-21-15/h1-6,9,12-13H,7-8,10H2,(H2,16,19)/t12-,13-/m0/s1. The van der Waals surface area contributed by atoms with Crippen LogP contribution in [0, 0.1) is 0 Å². The number of hydrogen-bond donors (Lipinski definition) is 1. The molecule has 0 spiro atoms. The first kappa shape index (κ1) is 14.2. The molecule has 0 bridgehead atoms. The third kappa shape index (κ3) is 3.12. The lowest BCUT2D eigenvalue weighted by atomic mass is 10.0. The first-order valence-corrected chi connectivity index (χ1v) is 7.73. The van der Waals surface area contributed by atoms with Crippen LogP contribution in [0.3, 0.4) is 0 Å². The van der Waals surface area contributed by atoms with Crippen molar-refractivity contribution in [3.05, 3.63) is 52.5 Å². The SMILES string of the molecule is NC(=O)[C@H](c1ccccc1)N1CCO[C@H](c2nccs2)C1. The fourth-order valence-corrected chi connectivity index (χ4v) is 3.31. The fourth-order valence-electron chi connectivity index (χ4n) is 2.64. The summed E-state index contributed by atoms with van der Waals surface area (Å²) < 4.78 is 5.77. The molecule has 5 nitrogen and oxygen atoms in total. The van der Waals surface area contributed by atoms with E-state index in [4.69, 9.17) is 10.5 Å². The molecule has 2 atom stereocenters. The average molecular weight is 303 g/mol. The Morgan fingerprint density at radius 3 is 2.90 bits per heavy atom. The lowest BCUT2D eigenvalue weighted by molar-refractivity contribution is -0.127. The quantitative estimate of drug-likeness (QED) is 0.934. The second-order valence-corrected chi connectivity index (χ2v) is 5.87. The molecule has 110 valence electrons. The number of carbonyl (C=O) groups is 1. The number of nitrogens with two attached hydrogens (primary N) is 1. The minimum Gasteiger partial charge on any atom is -0.368 e. The van der Waals surface area contributed by atoms with Crippen molar-refractivity contribution < 1.29 is 9.53 Å². The highest BCUT2D eigenvalue weighted by molar-refractivity contribution is 7.09. The lowest BCUT2D eigenvalue weighted by Crippen LogP contribution is -2.45. The molecule has 3 rings (SSSR count). The molecular formula is C15H17N3O2S. The predicted octanol–water partition coefficient (Wildman–Crippen LogP) is 1.74. The van der Waals surface area contributed by atoms with E-state index in [9.17, 15) is 4.79 Å². The number of amides is 1. The molecule has 0 saturated carbocycles. The average Bonchev–Trinajstić information content (AvgIpc) is 3.03. The summed E-state index contributed by atoms with van der Waals surface area (Å²) in [7, 11) is 0. The normalized spacial score (nSPS) is 21.0. The number of morpholine rings is 1. The first-order chi connectivity index (χ1) is 10.3. The molecule has 21 heavy (non-hydrogen) atoms. The van der Waals surface area contributed by atoms with E-state index in [1.165, 1.54) is 0 Å². The van der Waals surface area contributed by atoms with E-state index in [0.29, 0.717) is 19.7 Å². The maximum atomic E-state index is 11.9. The van der Waals surface area contributed by atoms with E-state index in [0.717, 1.165) is 10.6 Å². The van der Waals surface area contributed by atoms with E-state index in [1.807, 2.05) is 35.7 Å². The van der Waals surface area contributed by atoms with Gasteiger partial charge in [-0.15, -0.1) is 11.3 Å². The van der Waals surface area contributed by atoms with Crippen molar-refractivity contribution in [3.63, 3.8) is 0 Å². The van der Waals surface area contributed by atoms with Gasteiger partial charge in [0.05, 0.1) is 6.61 Å². The van der Waals surface area contributed by atoms with Crippen LogP contribution in [0.2, 0.25) is 0 Å². The molecule has 2 N–H and O–H groups in total. The molecule has 2 aromatic rings. The number of nitrogens with zero attached hydrogens (tertiary/aromatic N) is 2. The number of carbonyl (C=O) groups excluding carboxylic acids is 1. The van der Waals surface area contributed by atoms with Gasteiger partial charge in [0, 0.05) is 24.7 Å². The predicted molar refractivity (Wildman–Crippen MR) is 80.8 cm³/mol. The van der Waals surface area contributed by atoms with Crippen LogP contribution in [-0.2, 0) is 9.53 Å². The van der Waals surface area contributed by atoms with Crippen molar-refractivity contribution >= 4 is 17.2 Å². The maximum absolute atomic E-state index is 11.9. The van der Waals surface area contributed by atoms with Gasteiger partial charge in [0.2, 0.25) is 5.91 Å². The summed E-state index contributed by atoms with van der Waals surface area (Å²) in [4.78, 5) is 18.3. The molecule has 1 amide bonds.